The molecule has 0 saturated carbocycles. The maximum Gasteiger partial charge on any atom is 0.0587 e. The van der Waals surface area contributed by atoms with Crippen LogP contribution in [0.1, 0.15) is 17.0 Å². The lowest BCUT2D eigenvalue weighted by molar-refractivity contribution is 0.199. The molecule has 2 rings (SSSR count). The predicted molar refractivity (Wildman–Crippen MR) is 89.1 cm³/mol. The molecule has 0 aromatic heterocycles. The Bertz CT molecular complexity index is 530. The first kappa shape index (κ1) is 16.0. The van der Waals surface area contributed by atoms with E-state index in [9.17, 15) is 0 Å². The van der Waals surface area contributed by atoms with Gasteiger partial charge in [-0.1, -0.05) is 54.1 Å². The van der Waals surface area contributed by atoms with Crippen molar-refractivity contribution in [2.45, 2.75) is 12.3 Å². The maximum atomic E-state index is 6.09. The molecule has 0 spiro atoms. The molecular weight excluding hydrogens is 282 g/mol. The molecule has 1 N–H and O–H groups in total. The monoisotopic (exact) mass is 303 g/mol. The van der Waals surface area contributed by atoms with Gasteiger partial charge in [0.25, 0.3) is 0 Å². The number of nitrogens with one attached hydrogen (secondary N) is 1. The standard InChI is InChI=1S/C18H22ClNO/c1-21-11-10-20-14-17(16-7-3-2-4-8-16)12-15-6-5-9-18(19)13-15/h2-9,13,17,20H,10-12,14H2,1H3. The van der Waals surface area contributed by atoms with Crippen LogP contribution in [-0.2, 0) is 11.2 Å². The molecule has 2 aromatic rings. The van der Waals surface area contributed by atoms with E-state index in [4.69, 9.17) is 16.3 Å². The molecule has 0 aliphatic carbocycles. The van der Waals surface area contributed by atoms with Crippen molar-refractivity contribution in [1.29, 1.82) is 0 Å². The van der Waals surface area contributed by atoms with E-state index >= 15 is 0 Å². The Morgan fingerprint density at radius 2 is 1.90 bits per heavy atom. The molecule has 0 amide bonds. The van der Waals surface area contributed by atoms with Crippen molar-refractivity contribution in [1.82, 2.24) is 5.32 Å². The molecule has 2 nitrogen and oxygen atoms in total. The summed E-state index contributed by atoms with van der Waals surface area (Å²) in [5.41, 5.74) is 2.62. The second kappa shape index (κ2) is 8.83. The molecule has 0 fully saturated rings. The zero-order chi connectivity index (χ0) is 14.9. The highest BCUT2D eigenvalue weighted by Gasteiger charge is 2.12. The first-order valence-electron chi connectivity index (χ1n) is 7.28. The van der Waals surface area contributed by atoms with Gasteiger partial charge >= 0.3 is 0 Å². The Morgan fingerprint density at radius 3 is 2.62 bits per heavy atom. The van der Waals surface area contributed by atoms with Crippen molar-refractivity contribution in [2.24, 2.45) is 0 Å². The summed E-state index contributed by atoms with van der Waals surface area (Å²) in [6.45, 7) is 2.54. The van der Waals surface area contributed by atoms with Crippen LogP contribution in [0.5, 0.6) is 0 Å². The van der Waals surface area contributed by atoms with Gasteiger partial charge in [-0.15, -0.1) is 0 Å². The minimum Gasteiger partial charge on any atom is -0.383 e. The Labute approximate surface area is 132 Å². The highest BCUT2D eigenvalue weighted by molar-refractivity contribution is 6.30. The van der Waals surface area contributed by atoms with Crippen LogP contribution in [0.25, 0.3) is 0 Å². The van der Waals surface area contributed by atoms with E-state index in [1.165, 1.54) is 11.1 Å². The smallest absolute Gasteiger partial charge is 0.0587 e. The molecule has 112 valence electrons. The zero-order valence-electron chi connectivity index (χ0n) is 12.4. The molecule has 0 heterocycles. The number of methoxy groups -OCH3 is 1. The van der Waals surface area contributed by atoms with Crippen molar-refractivity contribution in [3.8, 4) is 0 Å². The fourth-order valence-corrected chi connectivity index (χ4v) is 2.64. The topological polar surface area (TPSA) is 21.3 Å². The lowest BCUT2D eigenvalue weighted by atomic mass is 9.92. The van der Waals surface area contributed by atoms with Gasteiger partial charge in [0.05, 0.1) is 6.61 Å². The van der Waals surface area contributed by atoms with Crippen molar-refractivity contribution in [2.75, 3.05) is 26.8 Å². The molecule has 0 bridgehead atoms. The van der Waals surface area contributed by atoms with E-state index in [1.54, 1.807) is 7.11 Å². The lowest BCUT2D eigenvalue weighted by Crippen LogP contribution is -2.26. The summed E-state index contributed by atoms with van der Waals surface area (Å²) in [4.78, 5) is 0. The number of benzene rings is 2. The first-order chi connectivity index (χ1) is 10.3. The van der Waals surface area contributed by atoms with Crippen LogP contribution in [0.2, 0.25) is 5.02 Å². The van der Waals surface area contributed by atoms with E-state index in [2.05, 4.69) is 41.7 Å². The average Bonchev–Trinajstić information content (AvgIpc) is 2.51. The van der Waals surface area contributed by atoms with E-state index < -0.39 is 0 Å². The molecule has 0 aliphatic heterocycles. The second-order valence-electron chi connectivity index (χ2n) is 5.14. The van der Waals surface area contributed by atoms with Crippen LogP contribution in [0, 0.1) is 0 Å². The first-order valence-corrected chi connectivity index (χ1v) is 7.66. The third-order valence-corrected chi connectivity index (χ3v) is 3.75. The van der Waals surface area contributed by atoms with Gasteiger partial charge in [0.2, 0.25) is 0 Å². The Balaban J connectivity index is 2.04. The number of hydrogen-bond donors (Lipinski definition) is 1. The SMILES string of the molecule is COCCNCC(Cc1cccc(Cl)c1)c1ccccc1. The molecule has 21 heavy (non-hydrogen) atoms. The van der Waals surface area contributed by atoms with Gasteiger partial charge in [0.15, 0.2) is 0 Å². The summed E-state index contributed by atoms with van der Waals surface area (Å²) in [7, 11) is 1.72. The van der Waals surface area contributed by atoms with Gasteiger partial charge in [-0.2, -0.15) is 0 Å². The third-order valence-electron chi connectivity index (χ3n) is 3.52. The Hall–Kier alpha value is -1.35. The summed E-state index contributed by atoms with van der Waals surface area (Å²) in [5, 5.41) is 4.26. The minimum absolute atomic E-state index is 0.432. The van der Waals surface area contributed by atoms with Gasteiger partial charge in [-0.25, -0.2) is 0 Å². The highest BCUT2D eigenvalue weighted by atomic mass is 35.5. The van der Waals surface area contributed by atoms with Gasteiger partial charge in [-0.05, 0) is 29.7 Å². The van der Waals surface area contributed by atoms with Gasteiger partial charge < -0.3 is 10.1 Å². The molecule has 2 aromatic carbocycles. The van der Waals surface area contributed by atoms with Crippen molar-refractivity contribution >= 4 is 11.6 Å². The van der Waals surface area contributed by atoms with Crippen molar-refractivity contribution < 1.29 is 4.74 Å². The Morgan fingerprint density at radius 1 is 1.10 bits per heavy atom. The number of ether oxygens (including phenoxy) is 1. The van der Waals surface area contributed by atoms with Crippen molar-refractivity contribution in [3.63, 3.8) is 0 Å². The Kier molecular flexibility index (Phi) is 6.74. The fourth-order valence-electron chi connectivity index (χ4n) is 2.43. The van der Waals surface area contributed by atoms with Gasteiger partial charge in [0.1, 0.15) is 0 Å². The summed E-state index contributed by atoms with van der Waals surface area (Å²) in [6.07, 6.45) is 0.977. The molecule has 0 saturated heterocycles. The van der Waals surface area contributed by atoms with E-state index in [0.29, 0.717) is 5.92 Å². The minimum atomic E-state index is 0.432. The normalized spacial score (nSPS) is 12.3. The summed E-state index contributed by atoms with van der Waals surface area (Å²) < 4.78 is 5.08. The summed E-state index contributed by atoms with van der Waals surface area (Å²) >= 11 is 6.09. The number of halogens is 1. The molecule has 0 aliphatic rings. The zero-order valence-corrected chi connectivity index (χ0v) is 13.1. The largest absolute Gasteiger partial charge is 0.383 e. The number of rotatable bonds is 8. The lowest BCUT2D eigenvalue weighted by Gasteiger charge is -2.18. The average molecular weight is 304 g/mol. The summed E-state index contributed by atoms with van der Waals surface area (Å²) in [6, 6.07) is 18.7. The van der Waals surface area contributed by atoms with Crippen LogP contribution < -0.4 is 5.32 Å². The van der Waals surface area contributed by atoms with Crippen LogP contribution in [0.4, 0.5) is 0 Å². The van der Waals surface area contributed by atoms with Crippen LogP contribution >= 0.6 is 11.6 Å². The summed E-state index contributed by atoms with van der Waals surface area (Å²) in [5.74, 6) is 0.432. The van der Waals surface area contributed by atoms with Crippen LogP contribution in [-0.4, -0.2) is 26.8 Å². The molecule has 3 heteroatoms. The molecule has 1 unspecified atom stereocenters. The van der Waals surface area contributed by atoms with Crippen LogP contribution in [0.3, 0.4) is 0 Å². The van der Waals surface area contributed by atoms with E-state index in [0.717, 1.165) is 31.1 Å². The maximum absolute atomic E-state index is 6.09. The van der Waals surface area contributed by atoms with Crippen molar-refractivity contribution in [3.05, 3.63) is 70.7 Å². The number of hydrogen-bond acceptors (Lipinski definition) is 2. The van der Waals surface area contributed by atoms with E-state index in [1.807, 2.05) is 18.2 Å². The quantitative estimate of drug-likeness (QED) is 0.747. The molecule has 0 radical (unpaired) electrons. The predicted octanol–water partition coefficient (Wildman–Crippen LogP) is 3.90. The molecule has 1 atom stereocenters. The van der Waals surface area contributed by atoms with E-state index in [-0.39, 0.29) is 0 Å². The third kappa shape index (κ3) is 5.50. The van der Waals surface area contributed by atoms with Gasteiger partial charge in [0, 0.05) is 31.1 Å². The fraction of sp³-hybridized carbons (Fsp3) is 0.333. The van der Waals surface area contributed by atoms with Crippen LogP contribution in [0.15, 0.2) is 54.6 Å². The van der Waals surface area contributed by atoms with Gasteiger partial charge in [-0.3, -0.25) is 0 Å². The second-order valence-corrected chi connectivity index (χ2v) is 5.58. The molecular formula is C18H22ClNO. The highest BCUT2D eigenvalue weighted by Crippen LogP contribution is 2.22.